The third kappa shape index (κ3) is 4.86. The van der Waals surface area contributed by atoms with Gasteiger partial charge in [0.1, 0.15) is 11.7 Å². The maximum Gasteiger partial charge on any atom is 0.317 e. The summed E-state index contributed by atoms with van der Waals surface area (Å²) in [6.07, 6.45) is 0.103. The summed E-state index contributed by atoms with van der Waals surface area (Å²) in [4.78, 5) is 37.5. The van der Waals surface area contributed by atoms with Crippen molar-refractivity contribution in [3.63, 3.8) is 0 Å². The van der Waals surface area contributed by atoms with Crippen molar-refractivity contribution in [2.75, 3.05) is 6.61 Å². The fraction of sp³-hybridized carbons (Fsp3) is 0.286. The smallest absolute Gasteiger partial charge is 0.317 e. The van der Waals surface area contributed by atoms with Crippen molar-refractivity contribution in [1.82, 2.24) is 0 Å². The molecule has 0 amide bonds. The molecular weight excluding hydrogens is 316 g/mol. The van der Waals surface area contributed by atoms with Gasteiger partial charge >= 0.3 is 5.97 Å². The Bertz CT molecular complexity index is 722. The largest absolute Gasteiger partial charge is 0.465 e. The van der Waals surface area contributed by atoms with Crippen LogP contribution in [0.4, 0.5) is 0 Å². The number of ketones is 2. The van der Waals surface area contributed by atoms with Crippen LogP contribution < -0.4 is 0 Å². The fourth-order valence-electron chi connectivity index (χ4n) is 2.91. The van der Waals surface area contributed by atoms with Gasteiger partial charge in [-0.3, -0.25) is 9.59 Å². The average molecular weight is 338 g/mol. The van der Waals surface area contributed by atoms with E-state index in [2.05, 4.69) is 0 Å². The Labute approximate surface area is 147 Å². The van der Waals surface area contributed by atoms with Gasteiger partial charge in [-0.05, 0) is 19.4 Å². The molecule has 2 atom stereocenters. The molecule has 2 aromatic rings. The van der Waals surface area contributed by atoms with Gasteiger partial charge in [0.2, 0.25) is 0 Å². The molecule has 0 aliphatic heterocycles. The highest BCUT2D eigenvalue weighted by molar-refractivity contribution is 6.09. The summed E-state index contributed by atoms with van der Waals surface area (Å²) >= 11 is 0. The van der Waals surface area contributed by atoms with Crippen LogP contribution in [0, 0.1) is 5.92 Å². The standard InChI is InChI=1S/C21H22O4/c1-3-25-21(24)19(20(23)17-12-8-5-9-13-17)18(14-15(2)22)16-10-6-4-7-11-16/h4-13,18-19H,3,14H2,1-2H3/t18?,19-/m1/s1. The number of ether oxygens (including phenoxy) is 1. The molecule has 0 saturated carbocycles. The molecule has 0 bridgehead atoms. The number of carbonyl (C=O) groups is 3. The molecule has 130 valence electrons. The van der Waals surface area contributed by atoms with Gasteiger partial charge in [0, 0.05) is 17.9 Å². The summed E-state index contributed by atoms with van der Waals surface area (Å²) in [5.74, 6) is -2.59. The van der Waals surface area contributed by atoms with Crippen molar-refractivity contribution in [1.29, 1.82) is 0 Å². The SMILES string of the molecule is CCOC(=O)[C@@H](C(=O)c1ccccc1)C(CC(C)=O)c1ccccc1. The zero-order valence-electron chi connectivity index (χ0n) is 14.5. The molecule has 0 fully saturated rings. The van der Waals surface area contributed by atoms with Gasteiger partial charge in [-0.2, -0.15) is 0 Å². The fourth-order valence-corrected chi connectivity index (χ4v) is 2.91. The Hall–Kier alpha value is -2.75. The Morgan fingerprint density at radius 1 is 0.920 bits per heavy atom. The third-order valence-electron chi connectivity index (χ3n) is 4.02. The second-order valence-corrected chi connectivity index (χ2v) is 5.88. The molecule has 0 heterocycles. The summed E-state index contributed by atoms with van der Waals surface area (Å²) in [5.41, 5.74) is 1.21. The minimum absolute atomic E-state index is 0.0796. The highest BCUT2D eigenvalue weighted by Crippen LogP contribution is 2.32. The topological polar surface area (TPSA) is 60.4 Å². The van der Waals surface area contributed by atoms with Crippen LogP contribution in [0.2, 0.25) is 0 Å². The van der Waals surface area contributed by atoms with Gasteiger partial charge in [-0.25, -0.2) is 0 Å². The maximum atomic E-state index is 13.0. The minimum atomic E-state index is -1.05. The summed E-state index contributed by atoms with van der Waals surface area (Å²) in [7, 11) is 0. The molecule has 0 saturated heterocycles. The molecule has 0 aliphatic carbocycles. The number of benzene rings is 2. The first kappa shape index (κ1) is 18.6. The number of rotatable bonds is 8. The lowest BCUT2D eigenvalue weighted by molar-refractivity contribution is -0.147. The number of esters is 1. The van der Waals surface area contributed by atoms with Crippen LogP contribution in [0.5, 0.6) is 0 Å². The zero-order valence-corrected chi connectivity index (χ0v) is 14.5. The van der Waals surface area contributed by atoms with E-state index >= 15 is 0 Å². The van der Waals surface area contributed by atoms with E-state index in [0.29, 0.717) is 5.56 Å². The van der Waals surface area contributed by atoms with Crippen LogP contribution >= 0.6 is 0 Å². The summed E-state index contributed by atoms with van der Waals surface area (Å²) < 4.78 is 5.16. The van der Waals surface area contributed by atoms with Gasteiger partial charge in [-0.15, -0.1) is 0 Å². The average Bonchev–Trinajstić information content (AvgIpc) is 2.62. The van der Waals surface area contributed by atoms with E-state index in [1.807, 2.05) is 30.3 Å². The molecule has 4 heteroatoms. The van der Waals surface area contributed by atoms with Crippen molar-refractivity contribution in [2.45, 2.75) is 26.2 Å². The maximum absolute atomic E-state index is 13.0. The molecule has 4 nitrogen and oxygen atoms in total. The van der Waals surface area contributed by atoms with E-state index in [0.717, 1.165) is 5.56 Å². The minimum Gasteiger partial charge on any atom is -0.465 e. The van der Waals surface area contributed by atoms with Gasteiger partial charge in [0.25, 0.3) is 0 Å². The lowest BCUT2D eigenvalue weighted by atomic mass is 9.78. The third-order valence-corrected chi connectivity index (χ3v) is 4.02. The molecule has 0 aromatic heterocycles. The molecule has 2 rings (SSSR count). The van der Waals surface area contributed by atoms with Crippen molar-refractivity contribution < 1.29 is 19.1 Å². The molecule has 1 unspecified atom stereocenters. The van der Waals surface area contributed by atoms with E-state index in [1.54, 1.807) is 37.3 Å². The van der Waals surface area contributed by atoms with Crippen molar-refractivity contribution in [3.05, 3.63) is 71.8 Å². The van der Waals surface area contributed by atoms with Crippen LogP contribution in [-0.4, -0.2) is 24.1 Å². The molecule has 0 spiro atoms. The second-order valence-electron chi connectivity index (χ2n) is 5.88. The van der Waals surface area contributed by atoms with E-state index in [1.165, 1.54) is 6.92 Å². The van der Waals surface area contributed by atoms with Crippen LogP contribution in [0.25, 0.3) is 0 Å². The lowest BCUT2D eigenvalue weighted by Crippen LogP contribution is -2.33. The number of hydrogen-bond donors (Lipinski definition) is 0. The number of Topliss-reactive ketones (excluding diaryl/α,β-unsaturated/α-hetero) is 2. The van der Waals surface area contributed by atoms with Crippen LogP contribution in [0.3, 0.4) is 0 Å². The molecule has 2 aromatic carbocycles. The predicted octanol–water partition coefficient (Wildman–Crippen LogP) is 3.81. The van der Waals surface area contributed by atoms with E-state index in [-0.39, 0.29) is 24.6 Å². The molecule has 0 N–H and O–H groups in total. The summed E-state index contributed by atoms with van der Waals surface area (Å²) in [6.45, 7) is 3.34. The highest BCUT2D eigenvalue weighted by atomic mass is 16.5. The number of carbonyl (C=O) groups excluding carboxylic acids is 3. The van der Waals surface area contributed by atoms with Crippen molar-refractivity contribution in [2.24, 2.45) is 5.92 Å². The normalized spacial score (nSPS) is 12.9. The predicted molar refractivity (Wildman–Crippen MR) is 95.4 cm³/mol. The van der Waals surface area contributed by atoms with Gasteiger partial charge in [-0.1, -0.05) is 60.7 Å². The Balaban J connectivity index is 2.48. The second kappa shape index (κ2) is 8.92. The van der Waals surface area contributed by atoms with E-state index in [9.17, 15) is 14.4 Å². The number of hydrogen-bond acceptors (Lipinski definition) is 4. The molecule has 0 aliphatic rings. The summed E-state index contributed by atoms with van der Waals surface area (Å²) in [5, 5.41) is 0. The van der Waals surface area contributed by atoms with Gasteiger partial charge in [0.05, 0.1) is 6.61 Å². The van der Waals surface area contributed by atoms with Crippen molar-refractivity contribution >= 4 is 17.5 Å². The van der Waals surface area contributed by atoms with E-state index < -0.39 is 17.8 Å². The van der Waals surface area contributed by atoms with Crippen LogP contribution in [0.1, 0.15) is 42.1 Å². The monoisotopic (exact) mass is 338 g/mol. The van der Waals surface area contributed by atoms with E-state index in [4.69, 9.17) is 4.74 Å². The first-order valence-electron chi connectivity index (χ1n) is 8.34. The first-order chi connectivity index (χ1) is 12.0. The highest BCUT2D eigenvalue weighted by Gasteiger charge is 2.38. The first-order valence-corrected chi connectivity index (χ1v) is 8.34. The van der Waals surface area contributed by atoms with Gasteiger partial charge in [0.15, 0.2) is 5.78 Å². The van der Waals surface area contributed by atoms with Crippen LogP contribution in [0.15, 0.2) is 60.7 Å². The molecule has 25 heavy (non-hydrogen) atoms. The Morgan fingerprint density at radius 3 is 2.00 bits per heavy atom. The molecule has 0 radical (unpaired) electrons. The Kier molecular flexibility index (Phi) is 6.63. The van der Waals surface area contributed by atoms with Gasteiger partial charge < -0.3 is 9.53 Å². The molecular formula is C21H22O4. The van der Waals surface area contributed by atoms with Crippen LogP contribution in [-0.2, 0) is 14.3 Å². The Morgan fingerprint density at radius 2 is 1.48 bits per heavy atom. The van der Waals surface area contributed by atoms with Crippen molar-refractivity contribution in [3.8, 4) is 0 Å². The summed E-state index contributed by atoms with van der Waals surface area (Å²) in [6, 6.07) is 17.8. The zero-order chi connectivity index (χ0) is 18.2. The lowest BCUT2D eigenvalue weighted by Gasteiger charge is -2.24. The quantitative estimate of drug-likeness (QED) is 0.417.